The molecule has 0 saturated heterocycles. The summed E-state index contributed by atoms with van der Waals surface area (Å²) in [7, 11) is -4.46. The van der Waals surface area contributed by atoms with Gasteiger partial charge >= 0.3 is 5.97 Å². The third-order valence-electron chi connectivity index (χ3n) is 14.0. The Hall–Kier alpha value is -5.87. The van der Waals surface area contributed by atoms with Gasteiger partial charge in [-0.2, -0.15) is 8.42 Å². The Labute approximate surface area is 412 Å². The minimum atomic E-state index is -4.46. The second kappa shape index (κ2) is 22.0. The second-order valence-electron chi connectivity index (χ2n) is 20.0. The molecule has 2 saturated carbocycles. The number of aromatic nitrogens is 1. The number of hydrogen-bond donors (Lipinski definition) is 4. The van der Waals surface area contributed by atoms with E-state index in [2.05, 4.69) is 57.2 Å². The molecule has 2 aliphatic carbocycles. The van der Waals surface area contributed by atoms with E-state index in [-0.39, 0.29) is 70.8 Å². The fraction of sp³-hybridized carbons (Fsp3) is 0.455. The Kier molecular flexibility index (Phi) is 16.4. The SMILES string of the molecule is CCC(Oc1ccc(S(=O)(=O)O)cc1)C(=O)NC1=N/C(=C\c2[nH]c(NC(C)=O)c(COOC3C(C)CC(C)CC3C)c2-c2ccccc2C)C(c2ccccc2C)=C1C(=O)OC1C(C)CC(C)CC1C. The van der Waals surface area contributed by atoms with Crippen molar-refractivity contribution in [2.24, 2.45) is 40.5 Å². The summed E-state index contributed by atoms with van der Waals surface area (Å²) in [4.78, 5) is 63.1. The van der Waals surface area contributed by atoms with E-state index in [0.717, 1.165) is 47.9 Å². The molecule has 1 aromatic heterocycles. The normalized spacial score (nSPS) is 24.8. The van der Waals surface area contributed by atoms with E-state index in [1.807, 2.05) is 68.5 Å². The van der Waals surface area contributed by atoms with Crippen molar-refractivity contribution >= 4 is 51.2 Å². The van der Waals surface area contributed by atoms with E-state index in [9.17, 15) is 22.6 Å². The lowest BCUT2D eigenvalue weighted by Crippen LogP contribution is -2.43. The predicted molar refractivity (Wildman–Crippen MR) is 271 cm³/mol. The number of benzene rings is 3. The number of amidine groups is 1. The van der Waals surface area contributed by atoms with Gasteiger partial charge in [0.2, 0.25) is 5.91 Å². The fourth-order valence-corrected chi connectivity index (χ4v) is 11.4. The summed E-state index contributed by atoms with van der Waals surface area (Å²) in [5, 5.41) is 5.92. The number of aliphatic imine (C=N–C) groups is 1. The van der Waals surface area contributed by atoms with Gasteiger partial charge < -0.3 is 25.1 Å². The van der Waals surface area contributed by atoms with E-state index in [0.29, 0.717) is 45.7 Å². The Balaban J connectivity index is 1.38. The number of rotatable bonds is 15. The molecule has 0 radical (unpaired) electrons. The van der Waals surface area contributed by atoms with Crippen molar-refractivity contribution in [3.05, 3.63) is 112 Å². The van der Waals surface area contributed by atoms with Crippen LogP contribution in [0.3, 0.4) is 0 Å². The molecule has 1 aliphatic heterocycles. The molecule has 3 aliphatic rings. The van der Waals surface area contributed by atoms with E-state index in [1.54, 1.807) is 6.92 Å². The van der Waals surface area contributed by atoms with Gasteiger partial charge in [-0.05, 0) is 134 Å². The van der Waals surface area contributed by atoms with E-state index >= 15 is 4.79 Å². The topological polar surface area (TPSA) is 195 Å². The highest BCUT2D eigenvalue weighted by Gasteiger charge is 2.40. The number of allylic oxidation sites excluding steroid dienone is 1. The van der Waals surface area contributed by atoms with Crippen LogP contribution in [0.4, 0.5) is 5.82 Å². The van der Waals surface area contributed by atoms with Gasteiger partial charge in [0.15, 0.2) is 6.10 Å². The minimum Gasteiger partial charge on any atom is -0.481 e. The number of aromatic amines is 1. The van der Waals surface area contributed by atoms with Crippen LogP contribution in [0.25, 0.3) is 22.8 Å². The smallest absolute Gasteiger partial charge is 0.342 e. The zero-order valence-corrected chi connectivity index (χ0v) is 42.7. The van der Waals surface area contributed by atoms with Crippen molar-refractivity contribution in [1.29, 1.82) is 0 Å². The van der Waals surface area contributed by atoms with Gasteiger partial charge in [-0.1, -0.05) is 97.0 Å². The van der Waals surface area contributed by atoms with Crippen LogP contribution in [0.5, 0.6) is 5.75 Å². The average Bonchev–Trinajstić information content (AvgIpc) is 3.80. The van der Waals surface area contributed by atoms with Crippen molar-refractivity contribution in [2.75, 3.05) is 5.32 Å². The summed E-state index contributed by atoms with van der Waals surface area (Å²) < 4.78 is 45.6. The molecule has 2 fully saturated rings. The lowest BCUT2D eigenvalue weighted by molar-refractivity contribution is -0.354. The number of carbonyl (C=O) groups excluding carboxylic acids is 3. The third-order valence-corrected chi connectivity index (χ3v) is 14.9. The van der Waals surface area contributed by atoms with Crippen LogP contribution >= 0.6 is 0 Å². The lowest BCUT2D eigenvalue weighted by atomic mass is 9.75. The van der Waals surface area contributed by atoms with Crippen molar-refractivity contribution in [3.8, 4) is 16.9 Å². The molecule has 4 N–H and O–H groups in total. The Bertz CT molecular complexity index is 2770. The number of nitrogens with one attached hydrogen (secondary N) is 3. The quantitative estimate of drug-likeness (QED) is 0.0385. The first-order valence-electron chi connectivity index (χ1n) is 24.5. The number of anilines is 1. The highest BCUT2D eigenvalue weighted by atomic mass is 32.2. The van der Waals surface area contributed by atoms with E-state index < -0.39 is 34.2 Å². The number of hydrogen-bond acceptors (Lipinski definition) is 10. The maximum atomic E-state index is 15.1. The van der Waals surface area contributed by atoms with Gasteiger partial charge in [0, 0.05) is 23.6 Å². The van der Waals surface area contributed by atoms with Crippen molar-refractivity contribution in [3.63, 3.8) is 0 Å². The monoisotopic (exact) mass is 976 g/mol. The molecule has 374 valence electrons. The van der Waals surface area contributed by atoms with Gasteiger partial charge in [-0.25, -0.2) is 19.6 Å². The zero-order valence-electron chi connectivity index (χ0n) is 41.9. The number of nitrogens with zero attached hydrogens (tertiary/aromatic N) is 1. The Morgan fingerprint density at radius 2 is 1.36 bits per heavy atom. The summed E-state index contributed by atoms with van der Waals surface area (Å²) in [5.41, 5.74) is 6.05. The molecule has 70 heavy (non-hydrogen) atoms. The van der Waals surface area contributed by atoms with Crippen LogP contribution in [-0.4, -0.2) is 59.9 Å². The molecule has 14 nitrogen and oxygen atoms in total. The van der Waals surface area contributed by atoms with Crippen LogP contribution in [0.1, 0.15) is 115 Å². The summed E-state index contributed by atoms with van der Waals surface area (Å²) in [6, 6.07) is 20.6. The second-order valence-corrected chi connectivity index (χ2v) is 21.4. The molecule has 15 heteroatoms. The largest absolute Gasteiger partial charge is 0.481 e. The first-order valence-corrected chi connectivity index (χ1v) is 25.9. The van der Waals surface area contributed by atoms with E-state index in [1.165, 1.54) is 31.2 Å². The standard InChI is InChI=1S/C55H68N4O10S/c1-11-46(67-39-20-22-40(23-21-39)70(63,64)65)54(61)59-53-49(55(62)68-50-34(6)24-30(2)25-35(50)7)48(42-19-15-13-17-33(42)5)45(58-53)28-44-47(41-18-14-12-16-32(41)4)43(52(57-44)56-38(10)60)29-66-69-51-36(8)26-31(3)27-37(51)9/h12-23,28,30-31,34-37,46,50-51,57H,11,24-27,29H2,1-10H3,(H,56,60)(H,58,59,61)(H,63,64,65)/b45-28-. The molecule has 3 aromatic carbocycles. The molecule has 5 unspecified atom stereocenters. The molecule has 2 heterocycles. The number of amides is 2. The van der Waals surface area contributed by atoms with Crippen LogP contribution in [0.15, 0.2) is 94.0 Å². The Morgan fingerprint density at radius 1 is 0.800 bits per heavy atom. The summed E-state index contributed by atoms with van der Waals surface area (Å²) >= 11 is 0. The number of esters is 1. The third kappa shape index (κ3) is 11.8. The molecular formula is C55H68N4O10S. The highest BCUT2D eigenvalue weighted by Crippen LogP contribution is 2.43. The Morgan fingerprint density at radius 3 is 1.90 bits per heavy atom. The van der Waals surface area contributed by atoms with Gasteiger partial charge in [0.05, 0.1) is 22.4 Å². The molecular weight excluding hydrogens is 909 g/mol. The van der Waals surface area contributed by atoms with Crippen LogP contribution in [0.2, 0.25) is 0 Å². The zero-order chi connectivity index (χ0) is 50.6. The minimum absolute atomic E-state index is 0.0135. The molecule has 7 rings (SSSR count). The summed E-state index contributed by atoms with van der Waals surface area (Å²) in [5.74, 6) is 0.727. The molecule has 2 amide bonds. The summed E-state index contributed by atoms with van der Waals surface area (Å²) in [6.45, 7) is 20.1. The highest BCUT2D eigenvalue weighted by molar-refractivity contribution is 7.85. The first kappa shape index (κ1) is 52.0. The van der Waals surface area contributed by atoms with Gasteiger partial charge in [-0.3, -0.25) is 14.1 Å². The number of H-pyrrole nitrogens is 1. The van der Waals surface area contributed by atoms with Gasteiger partial charge in [0.25, 0.3) is 16.0 Å². The number of aryl methyl sites for hydroxylation is 2. The van der Waals surface area contributed by atoms with Crippen LogP contribution in [-0.2, 0) is 45.6 Å². The molecule has 5 atom stereocenters. The van der Waals surface area contributed by atoms with Crippen LogP contribution < -0.4 is 15.4 Å². The van der Waals surface area contributed by atoms with Crippen molar-refractivity contribution in [1.82, 2.24) is 10.3 Å². The van der Waals surface area contributed by atoms with E-state index in [4.69, 9.17) is 24.2 Å². The number of carbonyl (C=O) groups is 3. The lowest BCUT2D eigenvalue weighted by Gasteiger charge is -2.37. The maximum Gasteiger partial charge on any atom is 0.342 e. The molecule has 0 bridgehead atoms. The fourth-order valence-electron chi connectivity index (χ4n) is 10.9. The van der Waals surface area contributed by atoms with Crippen LogP contribution in [0, 0.1) is 49.4 Å². The maximum absolute atomic E-state index is 15.1. The number of ether oxygens (including phenoxy) is 2. The molecule has 0 spiro atoms. The first-order chi connectivity index (χ1) is 33.2. The van der Waals surface area contributed by atoms with Gasteiger partial charge in [0.1, 0.15) is 35.7 Å². The molecule has 4 aromatic rings. The van der Waals surface area contributed by atoms with Crippen molar-refractivity contribution < 1.29 is 46.6 Å². The summed E-state index contributed by atoms with van der Waals surface area (Å²) in [6.07, 6.45) is 4.19. The average molecular weight is 977 g/mol. The van der Waals surface area contributed by atoms with Gasteiger partial charge in [-0.15, -0.1) is 0 Å². The van der Waals surface area contributed by atoms with Crippen molar-refractivity contribution in [2.45, 2.75) is 131 Å². The predicted octanol–water partition coefficient (Wildman–Crippen LogP) is 10.8.